The summed E-state index contributed by atoms with van der Waals surface area (Å²) in [5, 5.41) is 2.78. The molecule has 0 bridgehead atoms. The van der Waals surface area contributed by atoms with E-state index >= 15 is 0 Å². The van der Waals surface area contributed by atoms with E-state index in [0.29, 0.717) is 43.4 Å². The summed E-state index contributed by atoms with van der Waals surface area (Å²) in [7, 11) is 0. The Balaban J connectivity index is 1.59. The number of halogens is 1. The number of carbonyl (C=O) groups excluding carboxylic acids is 3. The Bertz CT molecular complexity index is 1030. The van der Waals surface area contributed by atoms with Crippen molar-refractivity contribution in [1.82, 2.24) is 15.1 Å². The molecule has 7 nitrogen and oxygen atoms in total. The van der Waals surface area contributed by atoms with Crippen LogP contribution in [-0.4, -0.2) is 65.8 Å². The van der Waals surface area contributed by atoms with Gasteiger partial charge in [0.15, 0.2) is 0 Å². The highest BCUT2D eigenvalue weighted by Crippen LogP contribution is 2.32. The smallest absolute Gasteiger partial charge is 0.311 e. The quantitative estimate of drug-likeness (QED) is 0.118. The third-order valence-electron chi connectivity index (χ3n) is 8.94. The number of nitrogens with one attached hydrogen (secondary N) is 1. The highest BCUT2D eigenvalue weighted by molar-refractivity contribution is 6.00. The lowest BCUT2D eigenvalue weighted by molar-refractivity contribution is -0.143. The molecule has 0 aliphatic carbocycles. The van der Waals surface area contributed by atoms with E-state index in [-0.39, 0.29) is 23.6 Å². The average molecular weight is 600 g/mol. The number of nitrogens with zero attached hydrogens (tertiary/aromatic N) is 2. The molecule has 0 aromatic heterocycles. The number of esters is 1. The maximum Gasteiger partial charge on any atom is 0.311 e. The number of hydrogen-bond acceptors (Lipinski definition) is 6. The summed E-state index contributed by atoms with van der Waals surface area (Å²) in [5.41, 5.74) is 0.0420. The van der Waals surface area contributed by atoms with Crippen LogP contribution in [0, 0.1) is 5.82 Å². The molecule has 1 aromatic rings. The molecule has 1 N–H and O–H groups in total. The van der Waals surface area contributed by atoms with Crippen LogP contribution in [0.4, 0.5) is 4.39 Å². The van der Waals surface area contributed by atoms with Gasteiger partial charge in [-0.3, -0.25) is 24.6 Å². The minimum absolute atomic E-state index is 0.126. The fourth-order valence-corrected chi connectivity index (χ4v) is 6.25. The molecule has 2 heterocycles. The highest BCUT2D eigenvalue weighted by atomic mass is 19.1. The number of ether oxygens (including phenoxy) is 1. The van der Waals surface area contributed by atoms with E-state index in [0.717, 1.165) is 96.9 Å². The van der Waals surface area contributed by atoms with Gasteiger partial charge in [0, 0.05) is 38.0 Å². The van der Waals surface area contributed by atoms with Crippen molar-refractivity contribution < 1.29 is 23.5 Å². The van der Waals surface area contributed by atoms with Gasteiger partial charge >= 0.3 is 5.97 Å². The van der Waals surface area contributed by atoms with Crippen molar-refractivity contribution in [3.8, 4) is 0 Å². The first kappa shape index (κ1) is 34.9. The maximum absolute atomic E-state index is 13.6. The molecule has 2 amide bonds. The number of benzene rings is 1. The van der Waals surface area contributed by atoms with Crippen LogP contribution in [0.15, 0.2) is 30.3 Å². The normalized spacial score (nSPS) is 17.9. The zero-order valence-electron chi connectivity index (χ0n) is 26.6. The Labute approximate surface area is 258 Å². The Morgan fingerprint density at radius 2 is 1.49 bits per heavy atom. The molecule has 2 aliphatic heterocycles. The standard InChI is InChI=1S/C35H54FN3O4/c1-3-5-7-10-16-32(40)37-34(42)35(39-25-12-9-13-26-39)22-27-38(28-23-35)24-14-15-31(29-18-20-30(36)21-19-29)43-33(41)17-11-8-6-4-2/h15,18-21H,3-14,16-17,22-28H2,1-2H3,(H,37,40,42)/b31-15-. The first-order valence-electron chi connectivity index (χ1n) is 16.9. The van der Waals surface area contributed by atoms with Gasteiger partial charge in [0.25, 0.3) is 0 Å². The monoisotopic (exact) mass is 599 g/mol. The minimum atomic E-state index is -0.640. The lowest BCUT2D eigenvalue weighted by Gasteiger charge is -2.48. The van der Waals surface area contributed by atoms with Crippen LogP contribution in [0.2, 0.25) is 0 Å². The summed E-state index contributed by atoms with van der Waals surface area (Å²) in [4.78, 5) is 43.5. The van der Waals surface area contributed by atoms with Crippen molar-refractivity contribution in [2.75, 3.05) is 32.7 Å². The van der Waals surface area contributed by atoms with E-state index < -0.39 is 5.54 Å². The molecule has 2 aliphatic rings. The molecule has 43 heavy (non-hydrogen) atoms. The first-order chi connectivity index (χ1) is 20.9. The number of imide groups is 1. The van der Waals surface area contributed by atoms with Crippen molar-refractivity contribution in [3.63, 3.8) is 0 Å². The predicted octanol–water partition coefficient (Wildman–Crippen LogP) is 7.00. The van der Waals surface area contributed by atoms with Crippen molar-refractivity contribution in [3.05, 3.63) is 41.7 Å². The SMILES string of the molecule is CCCCCCC(=O)NC(=O)C1(N2CCCCC2)CCN(CC/C=C(\OC(=O)CCCCCC)c2ccc(F)cc2)CC1. The van der Waals surface area contributed by atoms with E-state index in [4.69, 9.17) is 4.74 Å². The van der Waals surface area contributed by atoms with Gasteiger partial charge in [0.2, 0.25) is 11.8 Å². The molecule has 3 rings (SSSR count). The summed E-state index contributed by atoms with van der Waals surface area (Å²) < 4.78 is 19.3. The molecular formula is C35H54FN3O4. The third kappa shape index (κ3) is 11.5. The Morgan fingerprint density at radius 1 is 0.860 bits per heavy atom. The summed E-state index contributed by atoms with van der Waals surface area (Å²) in [6, 6.07) is 6.04. The van der Waals surface area contributed by atoms with Crippen molar-refractivity contribution in [2.45, 2.75) is 122 Å². The fourth-order valence-electron chi connectivity index (χ4n) is 6.25. The summed E-state index contributed by atoms with van der Waals surface area (Å²) in [6.07, 6.45) is 16.1. The second-order valence-corrected chi connectivity index (χ2v) is 12.3. The molecule has 0 saturated carbocycles. The largest absolute Gasteiger partial charge is 0.426 e. The van der Waals surface area contributed by atoms with Crippen LogP contribution >= 0.6 is 0 Å². The van der Waals surface area contributed by atoms with E-state index in [1.54, 1.807) is 12.1 Å². The molecule has 0 spiro atoms. The van der Waals surface area contributed by atoms with E-state index in [9.17, 15) is 18.8 Å². The molecule has 2 fully saturated rings. The molecule has 0 unspecified atom stereocenters. The van der Waals surface area contributed by atoms with Gasteiger partial charge in [-0.2, -0.15) is 0 Å². The van der Waals surface area contributed by atoms with Crippen molar-refractivity contribution in [2.24, 2.45) is 0 Å². The number of unbranched alkanes of at least 4 members (excludes halogenated alkanes) is 6. The number of amides is 2. The summed E-state index contributed by atoms with van der Waals surface area (Å²) in [6.45, 7) is 8.33. The molecule has 1 aromatic carbocycles. The van der Waals surface area contributed by atoms with Crippen LogP contribution in [0.1, 0.15) is 122 Å². The van der Waals surface area contributed by atoms with Crippen LogP contribution in [0.25, 0.3) is 5.76 Å². The van der Waals surface area contributed by atoms with E-state index in [1.807, 2.05) is 6.08 Å². The second kappa shape index (κ2) is 18.9. The molecule has 2 saturated heterocycles. The molecule has 8 heteroatoms. The van der Waals surface area contributed by atoms with Crippen molar-refractivity contribution in [1.29, 1.82) is 0 Å². The second-order valence-electron chi connectivity index (χ2n) is 12.3. The van der Waals surface area contributed by atoms with Crippen LogP contribution < -0.4 is 5.32 Å². The number of carbonyl (C=O) groups is 3. The van der Waals surface area contributed by atoms with Gasteiger partial charge in [0.05, 0.1) is 0 Å². The van der Waals surface area contributed by atoms with Crippen LogP contribution in [0.3, 0.4) is 0 Å². The zero-order valence-corrected chi connectivity index (χ0v) is 26.6. The number of likely N-dealkylation sites (tertiary alicyclic amines) is 2. The van der Waals surface area contributed by atoms with Gasteiger partial charge < -0.3 is 9.64 Å². The number of rotatable bonds is 17. The van der Waals surface area contributed by atoms with Gasteiger partial charge in [-0.05, 0) is 88.4 Å². The summed E-state index contributed by atoms with van der Waals surface area (Å²) in [5.74, 6) is -0.405. The first-order valence-corrected chi connectivity index (χ1v) is 16.9. The average Bonchev–Trinajstić information content (AvgIpc) is 3.02. The predicted molar refractivity (Wildman–Crippen MR) is 170 cm³/mol. The van der Waals surface area contributed by atoms with Gasteiger partial charge in [-0.1, -0.05) is 58.8 Å². The topological polar surface area (TPSA) is 79.0 Å². The lowest BCUT2D eigenvalue weighted by atomic mass is 9.83. The third-order valence-corrected chi connectivity index (χ3v) is 8.94. The van der Waals surface area contributed by atoms with Gasteiger partial charge in [-0.15, -0.1) is 0 Å². The van der Waals surface area contributed by atoms with Gasteiger partial charge in [-0.25, -0.2) is 4.39 Å². The number of hydrogen-bond donors (Lipinski definition) is 1. The molecule has 0 atom stereocenters. The molecular weight excluding hydrogens is 545 g/mol. The van der Waals surface area contributed by atoms with E-state index in [1.165, 1.54) is 18.6 Å². The Morgan fingerprint density at radius 3 is 2.12 bits per heavy atom. The van der Waals surface area contributed by atoms with Crippen LogP contribution in [0.5, 0.6) is 0 Å². The Kier molecular flexibility index (Phi) is 15.4. The zero-order chi connectivity index (χ0) is 30.9. The minimum Gasteiger partial charge on any atom is -0.426 e. The fraction of sp³-hybridized carbons (Fsp3) is 0.686. The summed E-state index contributed by atoms with van der Waals surface area (Å²) >= 11 is 0. The van der Waals surface area contributed by atoms with Crippen LogP contribution in [-0.2, 0) is 19.1 Å². The number of piperidine rings is 2. The van der Waals surface area contributed by atoms with Crippen molar-refractivity contribution >= 4 is 23.5 Å². The molecule has 240 valence electrons. The van der Waals surface area contributed by atoms with Gasteiger partial charge in [0.1, 0.15) is 17.1 Å². The molecule has 0 radical (unpaired) electrons. The highest BCUT2D eigenvalue weighted by Gasteiger charge is 2.46. The maximum atomic E-state index is 13.6. The Hall–Kier alpha value is -2.58. The lowest BCUT2D eigenvalue weighted by Crippen LogP contribution is -2.64. The van der Waals surface area contributed by atoms with E-state index in [2.05, 4.69) is 29.0 Å².